The lowest BCUT2D eigenvalue weighted by molar-refractivity contribution is -0.138. The fraction of sp³-hybridized carbons (Fsp3) is 0.357. The van der Waals surface area contributed by atoms with Gasteiger partial charge in [0.15, 0.2) is 0 Å². The lowest BCUT2D eigenvalue weighted by atomic mass is 10.1. The van der Waals surface area contributed by atoms with Gasteiger partial charge in [-0.15, -0.1) is 11.6 Å². The first-order chi connectivity index (χ1) is 8.17. The zero-order valence-corrected chi connectivity index (χ0v) is 11.0. The predicted octanol–water partition coefficient (Wildman–Crippen LogP) is 3.57. The molecule has 0 aromatic heterocycles. The molecule has 0 bridgehead atoms. The Kier molecular flexibility index (Phi) is 5.78. The predicted molar refractivity (Wildman–Crippen MR) is 71.1 cm³/mol. The van der Waals surface area contributed by atoms with Crippen molar-refractivity contribution in [2.75, 3.05) is 12.5 Å². The molecule has 1 aromatic carbocycles. The standard InChI is InChI=1S/C14H17ClO2/c1-3-17-14(16)13(8-9-15)10-12-6-4-11(2)5-7-12/h4-7,10H,3,8-9H2,1-2H3/b13-10+. The van der Waals surface area contributed by atoms with Crippen molar-refractivity contribution < 1.29 is 9.53 Å². The average molecular weight is 253 g/mol. The van der Waals surface area contributed by atoms with E-state index in [1.165, 1.54) is 5.56 Å². The number of aryl methyl sites for hydroxylation is 1. The zero-order chi connectivity index (χ0) is 12.7. The molecule has 0 atom stereocenters. The van der Waals surface area contributed by atoms with Crippen LogP contribution in [0.2, 0.25) is 0 Å². The Balaban J connectivity index is 2.89. The fourth-order valence-corrected chi connectivity index (χ4v) is 1.63. The summed E-state index contributed by atoms with van der Waals surface area (Å²) in [6.45, 7) is 4.20. The quantitative estimate of drug-likeness (QED) is 0.455. The van der Waals surface area contributed by atoms with Crippen LogP contribution in [0.5, 0.6) is 0 Å². The van der Waals surface area contributed by atoms with E-state index in [2.05, 4.69) is 0 Å². The van der Waals surface area contributed by atoms with Crippen LogP contribution >= 0.6 is 11.6 Å². The number of benzene rings is 1. The second-order valence-corrected chi connectivity index (χ2v) is 4.12. The van der Waals surface area contributed by atoms with Crippen LogP contribution < -0.4 is 0 Å². The molecule has 0 aliphatic carbocycles. The molecular weight excluding hydrogens is 236 g/mol. The molecule has 2 nitrogen and oxygen atoms in total. The molecular formula is C14H17ClO2. The molecule has 1 rings (SSSR count). The second-order valence-electron chi connectivity index (χ2n) is 3.74. The van der Waals surface area contributed by atoms with Crippen molar-refractivity contribution in [1.82, 2.24) is 0 Å². The Bertz CT molecular complexity index is 393. The number of halogens is 1. The average Bonchev–Trinajstić information content (AvgIpc) is 2.31. The lowest BCUT2D eigenvalue weighted by Crippen LogP contribution is -2.08. The van der Waals surface area contributed by atoms with E-state index in [0.717, 1.165) is 5.56 Å². The van der Waals surface area contributed by atoms with Gasteiger partial charge in [0, 0.05) is 11.5 Å². The Morgan fingerprint density at radius 3 is 2.53 bits per heavy atom. The normalized spacial score (nSPS) is 11.4. The summed E-state index contributed by atoms with van der Waals surface area (Å²) >= 11 is 5.68. The van der Waals surface area contributed by atoms with Crippen molar-refractivity contribution in [2.24, 2.45) is 0 Å². The first kappa shape index (κ1) is 13.8. The first-order valence-corrected chi connectivity index (χ1v) is 6.21. The van der Waals surface area contributed by atoms with E-state index >= 15 is 0 Å². The molecule has 0 aliphatic rings. The zero-order valence-electron chi connectivity index (χ0n) is 10.2. The number of ether oxygens (including phenoxy) is 1. The molecule has 3 heteroatoms. The van der Waals surface area contributed by atoms with Crippen LogP contribution in [-0.2, 0) is 9.53 Å². The van der Waals surface area contributed by atoms with Gasteiger partial charge < -0.3 is 4.74 Å². The first-order valence-electron chi connectivity index (χ1n) is 5.67. The summed E-state index contributed by atoms with van der Waals surface area (Å²) in [5.74, 6) is 0.130. The summed E-state index contributed by atoms with van der Waals surface area (Å²) in [6, 6.07) is 7.97. The molecule has 0 aliphatic heterocycles. The van der Waals surface area contributed by atoms with Crippen molar-refractivity contribution in [2.45, 2.75) is 20.3 Å². The highest BCUT2D eigenvalue weighted by atomic mass is 35.5. The summed E-state index contributed by atoms with van der Waals surface area (Å²) in [4.78, 5) is 11.7. The number of rotatable bonds is 5. The van der Waals surface area contributed by atoms with E-state index in [1.807, 2.05) is 37.3 Å². The Morgan fingerprint density at radius 2 is 2.00 bits per heavy atom. The summed E-state index contributed by atoms with van der Waals surface area (Å²) in [5, 5.41) is 0. The maximum absolute atomic E-state index is 11.7. The van der Waals surface area contributed by atoms with E-state index in [9.17, 15) is 4.79 Å². The molecule has 0 fully saturated rings. The lowest BCUT2D eigenvalue weighted by Gasteiger charge is -2.05. The molecule has 17 heavy (non-hydrogen) atoms. The van der Waals surface area contributed by atoms with Gasteiger partial charge in [-0.05, 0) is 31.9 Å². The van der Waals surface area contributed by atoms with Crippen molar-refractivity contribution in [3.05, 3.63) is 41.0 Å². The maximum Gasteiger partial charge on any atom is 0.334 e. The van der Waals surface area contributed by atoms with Crippen molar-refractivity contribution in [1.29, 1.82) is 0 Å². The number of carbonyl (C=O) groups is 1. The van der Waals surface area contributed by atoms with E-state index in [4.69, 9.17) is 16.3 Å². The van der Waals surface area contributed by atoms with Gasteiger partial charge in [-0.2, -0.15) is 0 Å². The molecule has 0 saturated heterocycles. The monoisotopic (exact) mass is 252 g/mol. The molecule has 0 spiro atoms. The van der Waals surface area contributed by atoms with Gasteiger partial charge in [-0.3, -0.25) is 0 Å². The SMILES string of the molecule is CCOC(=O)/C(=C/c1ccc(C)cc1)CCCl. The van der Waals surface area contributed by atoms with Crippen LogP contribution in [0.1, 0.15) is 24.5 Å². The molecule has 0 amide bonds. The van der Waals surface area contributed by atoms with E-state index < -0.39 is 0 Å². The fourth-order valence-electron chi connectivity index (χ4n) is 1.42. The number of alkyl halides is 1. The van der Waals surface area contributed by atoms with Crippen LogP contribution in [0.3, 0.4) is 0 Å². The maximum atomic E-state index is 11.7. The van der Waals surface area contributed by atoms with E-state index in [0.29, 0.717) is 24.5 Å². The van der Waals surface area contributed by atoms with Gasteiger partial charge in [0.2, 0.25) is 0 Å². The minimum atomic E-state index is -0.284. The smallest absolute Gasteiger partial charge is 0.334 e. The highest BCUT2D eigenvalue weighted by Gasteiger charge is 2.09. The van der Waals surface area contributed by atoms with Gasteiger partial charge >= 0.3 is 5.97 Å². The molecule has 92 valence electrons. The van der Waals surface area contributed by atoms with Crippen LogP contribution in [0.15, 0.2) is 29.8 Å². The highest BCUT2D eigenvalue weighted by molar-refractivity contribution is 6.18. The minimum Gasteiger partial charge on any atom is -0.463 e. The van der Waals surface area contributed by atoms with Gasteiger partial charge in [-0.1, -0.05) is 29.8 Å². The number of hydrogen-bond donors (Lipinski definition) is 0. The summed E-state index contributed by atoms with van der Waals surface area (Å²) in [7, 11) is 0. The van der Waals surface area contributed by atoms with Gasteiger partial charge in [0.05, 0.1) is 6.61 Å². The highest BCUT2D eigenvalue weighted by Crippen LogP contribution is 2.13. The summed E-state index contributed by atoms with van der Waals surface area (Å²) in [5.41, 5.74) is 2.80. The van der Waals surface area contributed by atoms with Crippen LogP contribution in [-0.4, -0.2) is 18.5 Å². The minimum absolute atomic E-state index is 0.284. The van der Waals surface area contributed by atoms with Crippen molar-refractivity contribution in [3.8, 4) is 0 Å². The second kappa shape index (κ2) is 7.13. The van der Waals surface area contributed by atoms with Crippen LogP contribution in [0, 0.1) is 6.92 Å². The van der Waals surface area contributed by atoms with Crippen molar-refractivity contribution in [3.63, 3.8) is 0 Å². The summed E-state index contributed by atoms with van der Waals surface area (Å²) in [6.07, 6.45) is 2.36. The molecule has 0 N–H and O–H groups in total. The molecule has 1 aromatic rings. The molecule has 0 radical (unpaired) electrons. The van der Waals surface area contributed by atoms with E-state index in [-0.39, 0.29) is 5.97 Å². The topological polar surface area (TPSA) is 26.3 Å². The van der Waals surface area contributed by atoms with Gasteiger partial charge in [0.1, 0.15) is 0 Å². The Hall–Kier alpha value is -1.28. The number of esters is 1. The third kappa shape index (κ3) is 4.61. The molecule has 0 unspecified atom stereocenters. The molecule has 0 heterocycles. The number of hydrogen-bond acceptors (Lipinski definition) is 2. The third-order valence-corrected chi connectivity index (χ3v) is 2.51. The van der Waals surface area contributed by atoms with Crippen LogP contribution in [0.25, 0.3) is 6.08 Å². The summed E-state index contributed by atoms with van der Waals surface area (Å²) < 4.78 is 4.99. The van der Waals surface area contributed by atoms with E-state index in [1.54, 1.807) is 6.92 Å². The van der Waals surface area contributed by atoms with Gasteiger partial charge in [0.25, 0.3) is 0 Å². The molecule has 0 saturated carbocycles. The van der Waals surface area contributed by atoms with Crippen LogP contribution in [0.4, 0.5) is 0 Å². The van der Waals surface area contributed by atoms with Gasteiger partial charge in [-0.25, -0.2) is 4.79 Å². The van der Waals surface area contributed by atoms with Crippen molar-refractivity contribution >= 4 is 23.6 Å². The number of carbonyl (C=O) groups excluding carboxylic acids is 1. The largest absolute Gasteiger partial charge is 0.463 e. The Morgan fingerprint density at radius 1 is 1.35 bits per heavy atom. The Labute approximate surface area is 107 Å². The third-order valence-electron chi connectivity index (χ3n) is 2.32.